The SMILES string of the molecule is Cc1ccccc1[As+](c1ccccc1C)(c1ccccc1C)c1ccccc1C.[Cl-]. The van der Waals surface area contributed by atoms with Crippen LogP contribution in [-0.4, -0.2) is 13.6 Å². The van der Waals surface area contributed by atoms with Gasteiger partial charge in [-0.05, 0) is 0 Å². The Morgan fingerprint density at radius 1 is 0.367 bits per heavy atom. The smallest absolute Gasteiger partial charge is 1.00 e. The predicted molar refractivity (Wildman–Crippen MR) is 129 cm³/mol. The minimum Gasteiger partial charge on any atom is -1.00 e. The van der Waals surface area contributed by atoms with Crippen LogP contribution in [0.15, 0.2) is 97.1 Å². The molecule has 0 aliphatic heterocycles. The van der Waals surface area contributed by atoms with Crippen molar-refractivity contribution in [3.05, 3.63) is 119 Å². The van der Waals surface area contributed by atoms with E-state index < -0.39 is 13.6 Å². The molecule has 4 aromatic rings. The zero-order valence-corrected chi connectivity index (χ0v) is 20.7. The number of benzene rings is 4. The molecule has 0 aliphatic carbocycles. The Labute approximate surface area is 189 Å². The number of hydrogen-bond donors (Lipinski definition) is 0. The molecule has 4 rings (SSSR count). The zero-order chi connectivity index (χ0) is 20.4. The second-order valence-electron chi connectivity index (χ2n) is 7.82. The molecule has 0 amide bonds. The average molecular weight is 475 g/mol. The molecule has 0 aromatic heterocycles. The van der Waals surface area contributed by atoms with Gasteiger partial charge in [-0.2, -0.15) is 0 Å². The van der Waals surface area contributed by atoms with Crippen LogP contribution < -0.4 is 29.8 Å². The summed E-state index contributed by atoms with van der Waals surface area (Å²) in [4.78, 5) is 0. The van der Waals surface area contributed by atoms with E-state index in [1.807, 2.05) is 0 Å². The summed E-state index contributed by atoms with van der Waals surface area (Å²) < 4.78 is 6.07. The van der Waals surface area contributed by atoms with Crippen molar-refractivity contribution < 1.29 is 12.4 Å². The molecule has 2 heteroatoms. The molecule has 0 fully saturated rings. The Bertz CT molecular complexity index is 975. The molecular weight excluding hydrogens is 447 g/mol. The largest absolute Gasteiger partial charge is 1.00 e. The van der Waals surface area contributed by atoms with E-state index in [4.69, 9.17) is 0 Å². The van der Waals surface area contributed by atoms with Crippen LogP contribution in [0, 0.1) is 27.7 Å². The maximum absolute atomic E-state index is 2.98. The van der Waals surface area contributed by atoms with Crippen LogP contribution in [-0.2, 0) is 0 Å². The molecule has 0 N–H and O–H groups in total. The predicted octanol–water partition coefficient (Wildman–Crippen LogP) is 1.30. The van der Waals surface area contributed by atoms with Gasteiger partial charge in [0.1, 0.15) is 0 Å². The Kier molecular flexibility index (Phi) is 6.91. The summed E-state index contributed by atoms with van der Waals surface area (Å²) >= 11 is -2.98. The van der Waals surface area contributed by atoms with Crippen LogP contribution in [0.2, 0.25) is 0 Å². The van der Waals surface area contributed by atoms with Gasteiger partial charge in [0.15, 0.2) is 0 Å². The standard InChI is InChI=1S/C28H28As.ClH/c1-21-13-5-9-17-25(21)29(26-18-10-6-14-22(26)2,27-19-11-7-15-23(27)3)28-20-12-8-16-24(28)4;/h5-20H,1-4H3;1H/q+1;/p-1. The Morgan fingerprint density at radius 3 is 0.767 bits per heavy atom. The number of hydrogen-bond acceptors (Lipinski definition) is 0. The van der Waals surface area contributed by atoms with E-state index in [9.17, 15) is 0 Å². The summed E-state index contributed by atoms with van der Waals surface area (Å²) in [7, 11) is 0. The van der Waals surface area contributed by atoms with Crippen LogP contribution in [0.1, 0.15) is 22.3 Å². The minimum absolute atomic E-state index is 0. The summed E-state index contributed by atoms with van der Waals surface area (Å²) in [5.74, 6) is 0. The molecule has 0 heterocycles. The normalized spacial score (nSPS) is 11.1. The van der Waals surface area contributed by atoms with Crippen LogP contribution in [0.25, 0.3) is 0 Å². The van der Waals surface area contributed by atoms with Crippen molar-refractivity contribution in [3.63, 3.8) is 0 Å². The summed E-state index contributed by atoms with van der Waals surface area (Å²) in [5.41, 5.74) is 5.54. The molecule has 30 heavy (non-hydrogen) atoms. The van der Waals surface area contributed by atoms with Crippen LogP contribution in [0.3, 0.4) is 0 Å². The monoisotopic (exact) mass is 474 g/mol. The number of halogens is 1. The van der Waals surface area contributed by atoms with Gasteiger partial charge in [0.05, 0.1) is 0 Å². The average Bonchev–Trinajstić information content (AvgIpc) is 2.73. The van der Waals surface area contributed by atoms with Gasteiger partial charge in [0, 0.05) is 0 Å². The van der Waals surface area contributed by atoms with Crippen LogP contribution in [0.5, 0.6) is 0 Å². The van der Waals surface area contributed by atoms with Crippen molar-refractivity contribution in [3.8, 4) is 0 Å². The van der Waals surface area contributed by atoms with Gasteiger partial charge >= 0.3 is 178 Å². The maximum Gasteiger partial charge on any atom is -1.00 e. The molecule has 0 spiro atoms. The molecule has 0 radical (unpaired) electrons. The summed E-state index contributed by atoms with van der Waals surface area (Å²) in [6.45, 7) is 9.11. The van der Waals surface area contributed by atoms with E-state index in [0.29, 0.717) is 0 Å². The number of rotatable bonds is 4. The first-order valence-corrected chi connectivity index (χ1v) is 14.0. The molecule has 0 bridgehead atoms. The van der Waals surface area contributed by atoms with Gasteiger partial charge in [0.25, 0.3) is 0 Å². The van der Waals surface area contributed by atoms with Crippen molar-refractivity contribution in [1.29, 1.82) is 0 Å². The van der Waals surface area contributed by atoms with E-state index in [-0.39, 0.29) is 12.4 Å². The Morgan fingerprint density at radius 2 is 0.567 bits per heavy atom. The van der Waals surface area contributed by atoms with E-state index in [0.717, 1.165) is 0 Å². The summed E-state index contributed by atoms with van der Waals surface area (Å²) in [6, 6.07) is 36.2. The second-order valence-corrected chi connectivity index (χ2v) is 14.7. The first-order valence-electron chi connectivity index (χ1n) is 10.2. The molecule has 0 atom stereocenters. The molecule has 0 saturated carbocycles. The van der Waals surface area contributed by atoms with E-state index in [2.05, 4.69) is 125 Å². The van der Waals surface area contributed by atoms with Crippen molar-refractivity contribution in [2.24, 2.45) is 0 Å². The molecule has 4 aromatic carbocycles. The van der Waals surface area contributed by atoms with Crippen LogP contribution >= 0.6 is 0 Å². The van der Waals surface area contributed by atoms with E-state index in [1.165, 1.54) is 39.7 Å². The van der Waals surface area contributed by atoms with Crippen molar-refractivity contribution >= 4 is 31.0 Å². The maximum atomic E-state index is 2.38. The van der Waals surface area contributed by atoms with E-state index in [1.54, 1.807) is 0 Å². The minimum atomic E-state index is -2.98. The quantitative estimate of drug-likeness (QED) is 0.391. The topological polar surface area (TPSA) is 0 Å². The third kappa shape index (κ3) is 3.64. The molecule has 0 nitrogen and oxygen atoms in total. The molecule has 152 valence electrons. The summed E-state index contributed by atoms with van der Waals surface area (Å²) in [5, 5.41) is 0. The first kappa shape index (κ1) is 22.4. The zero-order valence-electron chi connectivity index (χ0n) is 18.1. The molecule has 0 aliphatic rings. The fourth-order valence-corrected chi connectivity index (χ4v) is 15.5. The molecule has 0 unspecified atom stereocenters. The third-order valence-corrected chi connectivity index (χ3v) is 16.2. The molecular formula is C28H28AsCl. The Hall–Kier alpha value is -2.27. The van der Waals surface area contributed by atoms with Gasteiger partial charge in [-0.15, -0.1) is 0 Å². The fraction of sp³-hybridized carbons (Fsp3) is 0.143. The van der Waals surface area contributed by atoms with E-state index >= 15 is 0 Å². The number of aryl methyl sites for hydroxylation is 4. The van der Waals surface area contributed by atoms with Gasteiger partial charge in [-0.1, -0.05) is 0 Å². The van der Waals surface area contributed by atoms with Crippen molar-refractivity contribution in [2.45, 2.75) is 27.7 Å². The molecule has 0 saturated heterocycles. The van der Waals surface area contributed by atoms with Crippen molar-refractivity contribution in [1.82, 2.24) is 0 Å². The van der Waals surface area contributed by atoms with Gasteiger partial charge in [-0.25, -0.2) is 0 Å². The second kappa shape index (κ2) is 9.25. The van der Waals surface area contributed by atoms with Gasteiger partial charge in [0.2, 0.25) is 0 Å². The van der Waals surface area contributed by atoms with Gasteiger partial charge < -0.3 is 12.4 Å². The van der Waals surface area contributed by atoms with Crippen molar-refractivity contribution in [2.75, 3.05) is 0 Å². The fourth-order valence-electron chi connectivity index (χ4n) is 4.54. The van der Waals surface area contributed by atoms with Crippen LogP contribution in [0.4, 0.5) is 0 Å². The Balaban J connectivity index is 0.00000256. The third-order valence-electron chi connectivity index (χ3n) is 5.91. The van der Waals surface area contributed by atoms with Gasteiger partial charge in [-0.3, -0.25) is 0 Å². The first-order chi connectivity index (χ1) is 14.1. The summed E-state index contributed by atoms with van der Waals surface area (Å²) in [6.07, 6.45) is 0.